The second-order valence-electron chi connectivity index (χ2n) is 29.4. The Labute approximate surface area is 480 Å². The summed E-state index contributed by atoms with van der Waals surface area (Å²) in [5, 5.41) is 5.31. The predicted octanol–water partition coefficient (Wildman–Crippen LogP) is 18.6. The molecule has 0 saturated heterocycles. The highest BCUT2D eigenvalue weighted by atomic mass is 15.2. The number of anilines is 3. The van der Waals surface area contributed by atoms with Crippen molar-refractivity contribution in [1.82, 2.24) is 9.13 Å². The van der Waals surface area contributed by atoms with Crippen LogP contribution in [-0.2, 0) is 27.1 Å². The molecule has 15 rings (SSSR count). The number of hydrogen-bond donors (Lipinski definition) is 0. The number of benzene rings is 9. The van der Waals surface area contributed by atoms with Crippen molar-refractivity contribution in [3.05, 3.63) is 213 Å². The van der Waals surface area contributed by atoms with Gasteiger partial charge >= 0.3 is 0 Å². The van der Waals surface area contributed by atoms with Gasteiger partial charge in [-0.2, -0.15) is 0 Å². The molecule has 11 aromatic rings. The Morgan fingerprint density at radius 2 is 1.00 bits per heavy atom. The summed E-state index contributed by atoms with van der Waals surface area (Å²) in [6.07, 6.45) is 0. The highest BCUT2D eigenvalue weighted by Gasteiger charge is 2.55. The van der Waals surface area contributed by atoms with Crippen LogP contribution in [0.5, 0.6) is 0 Å². The summed E-state index contributed by atoms with van der Waals surface area (Å²) in [7, 11) is 0. The number of nitrogens with zero attached hydrogens (tertiary/aromatic N) is 3. The van der Waals surface area contributed by atoms with E-state index in [-0.39, 0.29) is 28.4 Å². The van der Waals surface area contributed by atoms with Gasteiger partial charge in [0.2, 0.25) is 0 Å². The summed E-state index contributed by atoms with van der Waals surface area (Å²) in [5.41, 5.74) is 31.2. The molecular weight excluding hydrogens is 978 g/mol. The van der Waals surface area contributed by atoms with Gasteiger partial charge in [-0.1, -0.05) is 214 Å². The van der Waals surface area contributed by atoms with Crippen molar-refractivity contribution in [2.45, 2.75) is 150 Å². The van der Waals surface area contributed by atoms with E-state index in [1.807, 2.05) is 0 Å². The molecule has 0 bridgehead atoms. The number of hydrogen-bond acceptors (Lipinski definition) is 1. The molecule has 1 spiro atoms. The second-order valence-corrected chi connectivity index (χ2v) is 29.4. The standard InChI is InChI=1S/C77H76BN3/c1-43(2)45-21-20-24-52(35-45)79(51-22-18-17-19-23-51)64-34-32-62-72-67(64)55-28-25-46(44(3)4)36-66(55)80(72)65-33-31-58-71-68(65)78(62)63-42-50(76(14,15)16)38-57-56-37-49(75(11,12)13)41-61(69(56)81(71)70(57)63)77(58)59-39-47(73(5,6)7)26-29-53(59)54-30-27-48(40-60(54)77)74(8,9)10/h17-44H,1-16H3. The molecule has 4 aliphatic rings. The van der Waals surface area contributed by atoms with E-state index in [1.165, 1.54) is 150 Å². The van der Waals surface area contributed by atoms with Crippen LogP contribution in [0, 0.1) is 0 Å². The lowest BCUT2D eigenvalue weighted by Gasteiger charge is -2.45. The molecule has 0 amide bonds. The average Bonchev–Trinajstić information content (AvgIpc) is 3.01. The summed E-state index contributed by atoms with van der Waals surface area (Å²) >= 11 is 0. The third-order valence-electron chi connectivity index (χ3n) is 19.6. The van der Waals surface area contributed by atoms with Gasteiger partial charge in [-0.25, -0.2) is 0 Å². The van der Waals surface area contributed by atoms with Gasteiger partial charge < -0.3 is 14.0 Å². The third kappa shape index (κ3) is 6.71. The maximum absolute atomic E-state index is 2.81. The van der Waals surface area contributed by atoms with Gasteiger partial charge in [0.25, 0.3) is 6.71 Å². The minimum Gasteiger partial charge on any atom is -0.310 e. The van der Waals surface area contributed by atoms with Crippen LogP contribution in [0.1, 0.15) is 178 Å². The summed E-state index contributed by atoms with van der Waals surface area (Å²) in [6, 6.07) is 63.5. The molecule has 1 aliphatic carbocycles. The first-order chi connectivity index (χ1) is 38.4. The molecule has 9 aromatic carbocycles. The van der Waals surface area contributed by atoms with E-state index < -0.39 is 5.41 Å². The van der Waals surface area contributed by atoms with Crippen LogP contribution in [0.3, 0.4) is 0 Å². The highest BCUT2D eigenvalue weighted by Crippen LogP contribution is 2.63. The summed E-state index contributed by atoms with van der Waals surface area (Å²) in [4.78, 5) is 2.54. The monoisotopic (exact) mass is 1050 g/mol. The third-order valence-corrected chi connectivity index (χ3v) is 19.6. The molecule has 81 heavy (non-hydrogen) atoms. The minimum absolute atomic E-state index is 0.0493. The number of fused-ring (bicyclic) bond motifs is 14. The molecule has 0 unspecified atom stereocenters. The molecule has 4 heteroatoms. The Morgan fingerprint density at radius 3 is 1.62 bits per heavy atom. The van der Waals surface area contributed by atoms with Gasteiger partial charge in [0, 0.05) is 49.8 Å². The number of aromatic nitrogens is 2. The lowest BCUT2D eigenvalue weighted by Crippen LogP contribution is -2.60. The molecular formula is C77H76BN3. The normalized spacial score (nSPS) is 14.7. The van der Waals surface area contributed by atoms with E-state index in [4.69, 9.17) is 0 Å². The van der Waals surface area contributed by atoms with Gasteiger partial charge in [0.1, 0.15) is 0 Å². The summed E-state index contributed by atoms with van der Waals surface area (Å²) < 4.78 is 5.53. The van der Waals surface area contributed by atoms with Crippen molar-refractivity contribution in [2.75, 3.05) is 4.90 Å². The Morgan fingerprint density at radius 1 is 0.420 bits per heavy atom. The first-order valence-electron chi connectivity index (χ1n) is 30.1. The maximum Gasteiger partial charge on any atom is 0.252 e. The molecule has 0 N–H and O–H groups in total. The van der Waals surface area contributed by atoms with Crippen molar-refractivity contribution in [3.8, 4) is 22.5 Å². The molecule has 0 atom stereocenters. The quantitative estimate of drug-likeness (QED) is 0.157. The van der Waals surface area contributed by atoms with Crippen LogP contribution < -0.4 is 21.3 Å². The Kier molecular flexibility index (Phi) is 10.2. The van der Waals surface area contributed by atoms with Crippen molar-refractivity contribution >= 4 is 83.8 Å². The minimum atomic E-state index is -0.625. The molecule has 0 saturated carbocycles. The van der Waals surface area contributed by atoms with Gasteiger partial charge in [0.15, 0.2) is 0 Å². The van der Waals surface area contributed by atoms with Crippen molar-refractivity contribution in [3.63, 3.8) is 0 Å². The van der Waals surface area contributed by atoms with Crippen LogP contribution in [0.15, 0.2) is 158 Å². The van der Waals surface area contributed by atoms with Gasteiger partial charge in [-0.05, 0) is 171 Å². The van der Waals surface area contributed by atoms with Crippen LogP contribution in [0.25, 0.3) is 66.1 Å². The number of rotatable bonds is 5. The predicted molar refractivity (Wildman–Crippen MR) is 348 cm³/mol. The molecule has 0 fully saturated rings. The smallest absolute Gasteiger partial charge is 0.252 e. The fourth-order valence-electron chi connectivity index (χ4n) is 15.2. The van der Waals surface area contributed by atoms with Gasteiger partial charge in [-0.15, -0.1) is 0 Å². The first kappa shape index (κ1) is 50.4. The van der Waals surface area contributed by atoms with Gasteiger partial charge in [-0.3, -0.25) is 0 Å². The molecule has 3 aliphatic heterocycles. The molecule has 5 heterocycles. The van der Waals surface area contributed by atoms with E-state index in [1.54, 1.807) is 0 Å². The van der Waals surface area contributed by atoms with Crippen LogP contribution in [-0.4, -0.2) is 15.8 Å². The Bertz CT molecular complexity index is 4500. The molecule has 402 valence electrons. The molecule has 2 aromatic heterocycles. The summed E-state index contributed by atoms with van der Waals surface area (Å²) in [5.74, 6) is 0.744. The average molecular weight is 1050 g/mol. The van der Waals surface area contributed by atoms with Gasteiger partial charge in [0.05, 0.1) is 27.7 Å². The highest BCUT2D eigenvalue weighted by molar-refractivity contribution is 7.00. The van der Waals surface area contributed by atoms with Crippen molar-refractivity contribution in [1.29, 1.82) is 0 Å². The van der Waals surface area contributed by atoms with Crippen molar-refractivity contribution in [2.24, 2.45) is 0 Å². The fraction of sp³-hybridized carbons (Fsp3) is 0.299. The lowest BCUT2D eigenvalue weighted by molar-refractivity contribution is 0.583. The lowest BCUT2D eigenvalue weighted by atomic mass is 9.33. The molecule has 0 radical (unpaired) electrons. The largest absolute Gasteiger partial charge is 0.310 e. The summed E-state index contributed by atoms with van der Waals surface area (Å²) in [6.45, 7) is 38.1. The first-order valence-corrected chi connectivity index (χ1v) is 30.1. The Hall–Kier alpha value is -7.56. The number of para-hydroxylation sites is 1. The van der Waals surface area contributed by atoms with E-state index in [9.17, 15) is 0 Å². The Balaban J connectivity index is 1.17. The van der Waals surface area contributed by atoms with E-state index >= 15 is 0 Å². The zero-order valence-corrected chi connectivity index (χ0v) is 50.6. The van der Waals surface area contributed by atoms with Crippen LogP contribution >= 0.6 is 0 Å². The van der Waals surface area contributed by atoms with E-state index in [0.717, 1.165) is 5.69 Å². The van der Waals surface area contributed by atoms with Crippen LogP contribution in [0.2, 0.25) is 0 Å². The zero-order valence-electron chi connectivity index (χ0n) is 50.6. The van der Waals surface area contributed by atoms with Crippen LogP contribution in [0.4, 0.5) is 17.1 Å². The second kappa shape index (κ2) is 16.3. The SMILES string of the molecule is CC(C)c1cccc(N(c2ccccc2)c2ccc3c4c2c2ccc(C(C)C)cc2n4-c2ccc4c5c2B3c2cc(C(C)(C)C)cc3c6cc(C(C)(C)C)cc(c6n-5c23)C42c3cc(C(C)(C)C)ccc3-c3ccc(C(C)(C)C)cc32)c1. The van der Waals surface area contributed by atoms with E-state index in [0.29, 0.717) is 11.8 Å². The van der Waals surface area contributed by atoms with Crippen molar-refractivity contribution < 1.29 is 0 Å². The molecule has 3 nitrogen and oxygen atoms in total. The maximum atomic E-state index is 2.81. The van der Waals surface area contributed by atoms with E-state index in [2.05, 4.69) is 283 Å². The fourth-order valence-corrected chi connectivity index (χ4v) is 15.2. The zero-order chi connectivity index (χ0) is 56.5. The topological polar surface area (TPSA) is 13.1 Å².